The average molecular weight is 411 g/mol. The van der Waals surface area contributed by atoms with Crippen LogP contribution in [0.3, 0.4) is 0 Å². The zero-order valence-corrected chi connectivity index (χ0v) is 13.2. The number of nitro groups is 1. The Morgan fingerprint density at radius 2 is 2.09 bits per heavy atom. The van der Waals surface area contributed by atoms with Gasteiger partial charge in [0.05, 0.1) is 11.1 Å². The van der Waals surface area contributed by atoms with Crippen LogP contribution in [0.1, 0.15) is 15.9 Å². The van der Waals surface area contributed by atoms with Gasteiger partial charge in [0.15, 0.2) is 0 Å². The van der Waals surface area contributed by atoms with Crippen LogP contribution < -0.4 is 5.43 Å². The lowest BCUT2D eigenvalue weighted by Crippen LogP contribution is -2.17. The van der Waals surface area contributed by atoms with Crippen molar-refractivity contribution >= 4 is 40.4 Å². The van der Waals surface area contributed by atoms with Crippen molar-refractivity contribution in [2.75, 3.05) is 0 Å². The van der Waals surface area contributed by atoms with E-state index in [0.717, 1.165) is 15.9 Å². The molecule has 0 atom stereocenters. The third-order valence-electron chi connectivity index (χ3n) is 2.68. The molecule has 112 valence electrons. The molecular weight excluding hydrogens is 401 g/mol. The molecule has 2 aromatic carbocycles. The van der Waals surface area contributed by atoms with Gasteiger partial charge < -0.3 is 5.11 Å². The van der Waals surface area contributed by atoms with E-state index in [0.29, 0.717) is 5.56 Å². The SMILES string of the molecule is O=C(NN=Cc1cc([N+](=O)[O-])ccc1O)c1cccc(I)c1. The molecule has 2 aromatic rings. The first-order chi connectivity index (χ1) is 10.5. The molecule has 0 aromatic heterocycles. The molecule has 22 heavy (non-hydrogen) atoms. The van der Waals surface area contributed by atoms with Gasteiger partial charge >= 0.3 is 0 Å². The third-order valence-corrected chi connectivity index (χ3v) is 3.35. The smallest absolute Gasteiger partial charge is 0.271 e. The van der Waals surface area contributed by atoms with E-state index in [4.69, 9.17) is 0 Å². The summed E-state index contributed by atoms with van der Waals surface area (Å²) in [6, 6.07) is 10.5. The molecule has 7 nitrogen and oxygen atoms in total. The molecular formula is C14H10IN3O4. The fraction of sp³-hybridized carbons (Fsp3) is 0. The van der Waals surface area contributed by atoms with Gasteiger partial charge in [-0.05, 0) is 46.9 Å². The number of benzene rings is 2. The van der Waals surface area contributed by atoms with Gasteiger partial charge in [0, 0.05) is 26.8 Å². The van der Waals surface area contributed by atoms with Gasteiger partial charge in [-0.1, -0.05) is 6.07 Å². The molecule has 0 saturated carbocycles. The van der Waals surface area contributed by atoms with Crippen molar-refractivity contribution in [2.24, 2.45) is 5.10 Å². The monoisotopic (exact) mass is 411 g/mol. The number of amides is 1. The van der Waals surface area contributed by atoms with E-state index < -0.39 is 10.8 Å². The number of halogens is 1. The minimum absolute atomic E-state index is 0.136. The van der Waals surface area contributed by atoms with E-state index in [1.54, 1.807) is 18.2 Å². The van der Waals surface area contributed by atoms with Crippen LogP contribution in [0.25, 0.3) is 0 Å². The predicted octanol–water partition coefficient (Wildman–Crippen LogP) is 2.67. The second-order valence-electron chi connectivity index (χ2n) is 4.21. The topological polar surface area (TPSA) is 105 Å². The largest absolute Gasteiger partial charge is 0.507 e. The lowest BCUT2D eigenvalue weighted by Gasteiger charge is -2.01. The Labute approximate surface area is 139 Å². The fourth-order valence-electron chi connectivity index (χ4n) is 1.61. The molecule has 0 aliphatic heterocycles. The van der Waals surface area contributed by atoms with E-state index in [9.17, 15) is 20.0 Å². The van der Waals surface area contributed by atoms with Crippen LogP contribution in [0.15, 0.2) is 47.6 Å². The van der Waals surface area contributed by atoms with Gasteiger partial charge in [0.25, 0.3) is 11.6 Å². The van der Waals surface area contributed by atoms with Gasteiger partial charge in [-0.2, -0.15) is 5.10 Å². The number of phenolic OH excluding ortho intramolecular Hbond substituents is 1. The van der Waals surface area contributed by atoms with Gasteiger partial charge in [0.1, 0.15) is 5.75 Å². The van der Waals surface area contributed by atoms with Crippen molar-refractivity contribution in [1.29, 1.82) is 0 Å². The van der Waals surface area contributed by atoms with Crippen molar-refractivity contribution < 1.29 is 14.8 Å². The first-order valence-electron chi connectivity index (χ1n) is 6.04. The summed E-state index contributed by atoms with van der Waals surface area (Å²) in [7, 11) is 0. The Bertz CT molecular complexity index is 762. The van der Waals surface area contributed by atoms with Crippen molar-refractivity contribution in [3.63, 3.8) is 0 Å². The van der Waals surface area contributed by atoms with E-state index in [-0.39, 0.29) is 17.0 Å². The Morgan fingerprint density at radius 3 is 2.77 bits per heavy atom. The first kappa shape index (κ1) is 15.9. The number of nitro benzene ring substituents is 1. The number of hydrogen-bond acceptors (Lipinski definition) is 5. The van der Waals surface area contributed by atoms with Crippen LogP contribution in [0, 0.1) is 13.7 Å². The van der Waals surface area contributed by atoms with Crippen molar-refractivity contribution in [1.82, 2.24) is 5.43 Å². The number of hydrogen-bond donors (Lipinski definition) is 2. The number of carbonyl (C=O) groups is 1. The van der Waals surface area contributed by atoms with E-state index >= 15 is 0 Å². The van der Waals surface area contributed by atoms with Gasteiger partial charge in [-0.25, -0.2) is 5.43 Å². The maximum atomic E-state index is 11.8. The zero-order valence-electron chi connectivity index (χ0n) is 11.1. The van der Waals surface area contributed by atoms with Gasteiger partial charge in [-0.15, -0.1) is 0 Å². The van der Waals surface area contributed by atoms with Crippen LogP contribution in [0.4, 0.5) is 5.69 Å². The molecule has 0 saturated heterocycles. The second-order valence-corrected chi connectivity index (χ2v) is 5.46. The molecule has 0 unspecified atom stereocenters. The van der Waals surface area contributed by atoms with Crippen molar-refractivity contribution in [2.45, 2.75) is 0 Å². The molecule has 0 fully saturated rings. The number of carbonyl (C=O) groups excluding carboxylic acids is 1. The summed E-state index contributed by atoms with van der Waals surface area (Å²) in [5.74, 6) is -0.586. The minimum atomic E-state index is -0.582. The Morgan fingerprint density at radius 1 is 1.32 bits per heavy atom. The molecule has 1 amide bonds. The summed E-state index contributed by atoms with van der Waals surface area (Å²) in [4.78, 5) is 21.9. The maximum absolute atomic E-state index is 11.8. The van der Waals surface area contributed by atoms with E-state index in [1.165, 1.54) is 12.1 Å². The number of nitrogens with one attached hydrogen (secondary N) is 1. The highest BCUT2D eigenvalue weighted by Crippen LogP contribution is 2.21. The number of non-ortho nitro benzene ring substituents is 1. The van der Waals surface area contributed by atoms with E-state index in [1.807, 2.05) is 6.07 Å². The molecule has 8 heteroatoms. The minimum Gasteiger partial charge on any atom is -0.507 e. The molecule has 2 N–H and O–H groups in total. The number of hydrazone groups is 1. The summed E-state index contributed by atoms with van der Waals surface area (Å²) >= 11 is 2.08. The van der Waals surface area contributed by atoms with Crippen LogP contribution >= 0.6 is 22.6 Å². The standard InChI is InChI=1S/C14H10IN3O4/c15-11-3-1-2-9(6-11)14(20)17-16-8-10-7-12(18(21)22)4-5-13(10)19/h1-8,19H,(H,17,20). The molecule has 0 radical (unpaired) electrons. The third kappa shape index (κ3) is 4.01. The Hall–Kier alpha value is -2.49. The first-order valence-corrected chi connectivity index (χ1v) is 7.11. The highest BCUT2D eigenvalue weighted by atomic mass is 127. The molecule has 2 rings (SSSR count). The van der Waals surface area contributed by atoms with Crippen LogP contribution in [0.2, 0.25) is 0 Å². The number of aromatic hydroxyl groups is 1. The summed E-state index contributed by atoms with van der Waals surface area (Å²) in [5, 5.41) is 24.0. The Balaban J connectivity index is 2.11. The number of rotatable bonds is 4. The van der Waals surface area contributed by atoms with Gasteiger partial charge in [0.2, 0.25) is 0 Å². The fourth-order valence-corrected chi connectivity index (χ4v) is 2.16. The summed E-state index contributed by atoms with van der Waals surface area (Å²) in [6.45, 7) is 0. The zero-order chi connectivity index (χ0) is 16.1. The summed E-state index contributed by atoms with van der Waals surface area (Å²) in [6.07, 6.45) is 1.15. The molecule has 0 bridgehead atoms. The van der Waals surface area contributed by atoms with Crippen molar-refractivity contribution in [3.8, 4) is 5.75 Å². The van der Waals surface area contributed by atoms with Crippen LogP contribution in [-0.4, -0.2) is 22.2 Å². The van der Waals surface area contributed by atoms with Crippen LogP contribution in [0.5, 0.6) is 5.75 Å². The summed E-state index contributed by atoms with van der Waals surface area (Å²) < 4.78 is 0.908. The van der Waals surface area contributed by atoms with Crippen LogP contribution in [-0.2, 0) is 0 Å². The van der Waals surface area contributed by atoms with Crippen molar-refractivity contribution in [3.05, 3.63) is 67.3 Å². The van der Waals surface area contributed by atoms with E-state index in [2.05, 4.69) is 33.1 Å². The second kappa shape index (κ2) is 6.98. The number of phenols is 1. The summed E-state index contributed by atoms with van der Waals surface area (Å²) in [5.41, 5.74) is 2.69. The molecule has 0 aliphatic rings. The lowest BCUT2D eigenvalue weighted by molar-refractivity contribution is -0.384. The Kier molecular flexibility index (Phi) is 5.04. The number of nitrogens with zero attached hydrogens (tertiary/aromatic N) is 2. The lowest BCUT2D eigenvalue weighted by atomic mass is 10.2. The molecule has 0 heterocycles. The normalized spacial score (nSPS) is 10.6. The molecule has 0 spiro atoms. The molecule has 0 aliphatic carbocycles. The highest BCUT2D eigenvalue weighted by molar-refractivity contribution is 14.1. The predicted molar refractivity (Wildman–Crippen MR) is 89.0 cm³/mol. The van der Waals surface area contributed by atoms with Gasteiger partial charge in [-0.3, -0.25) is 14.9 Å². The highest BCUT2D eigenvalue weighted by Gasteiger charge is 2.09. The maximum Gasteiger partial charge on any atom is 0.271 e. The quantitative estimate of drug-likeness (QED) is 0.349. The average Bonchev–Trinajstić information content (AvgIpc) is 2.48.